The lowest BCUT2D eigenvalue weighted by Crippen LogP contribution is -2.50. The molecule has 0 spiro atoms. The van der Waals surface area contributed by atoms with Crippen LogP contribution in [0.4, 0.5) is 5.82 Å². The van der Waals surface area contributed by atoms with Crippen LogP contribution in [-0.2, 0) is 0 Å². The van der Waals surface area contributed by atoms with Gasteiger partial charge in [-0.1, -0.05) is 12.2 Å². The minimum atomic E-state index is 0.426. The van der Waals surface area contributed by atoms with E-state index < -0.39 is 0 Å². The van der Waals surface area contributed by atoms with E-state index in [1.54, 1.807) is 6.20 Å². The molecule has 2 N–H and O–H groups in total. The van der Waals surface area contributed by atoms with Crippen molar-refractivity contribution >= 4 is 23.0 Å². The molecule has 0 aromatic carbocycles. The van der Waals surface area contributed by atoms with Crippen LogP contribution in [-0.4, -0.2) is 47.6 Å². The lowest BCUT2D eigenvalue weighted by atomic mass is 10.2. The SMILES string of the molecule is CC1CN(C)CCN1c1cc(C(N)=S)ccn1. The molecule has 2 heterocycles. The average molecular weight is 250 g/mol. The number of hydrogen-bond donors (Lipinski definition) is 1. The van der Waals surface area contributed by atoms with E-state index in [9.17, 15) is 0 Å². The molecule has 1 atom stereocenters. The van der Waals surface area contributed by atoms with Crippen molar-refractivity contribution in [1.82, 2.24) is 9.88 Å². The normalized spacial score (nSPS) is 21.5. The molecule has 1 saturated heterocycles. The maximum absolute atomic E-state index is 5.65. The van der Waals surface area contributed by atoms with Crippen molar-refractivity contribution in [2.75, 3.05) is 31.6 Å². The van der Waals surface area contributed by atoms with E-state index in [2.05, 4.69) is 28.8 Å². The van der Waals surface area contributed by atoms with Gasteiger partial charge in [0, 0.05) is 37.4 Å². The predicted molar refractivity (Wildman–Crippen MR) is 74.4 cm³/mol. The fourth-order valence-electron chi connectivity index (χ4n) is 2.21. The van der Waals surface area contributed by atoms with Gasteiger partial charge < -0.3 is 15.5 Å². The highest BCUT2D eigenvalue weighted by Crippen LogP contribution is 2.18. The number of piperazine rings is 1. The predicted octanol–water partition coefficient (Wildman–Crippen LogP) is 0.856. The lowest BCUT2D eigenvalue weighted by Gasteiger charge is -2.39. The lowest BCUT2D eigenvalue weighted by molar-refractivity contribution is 0.274. The Labute approximate surface area is 107 Å². The van der Waals surface area contributed by atoms with Gasteiger partial charge in [-0.05, 0) is 26.1 Å². The Morgan fingerprint density at radius 2 is 2.29 bits per heavy atom. The van der Waals surface area contributed by atoms with Crippen molar-refractivity contribution in [3.05, 3.63) is 23.9 Å². The van der Waals surface area contributed by atoms with Crippen LogP contribution in [0.2, 0.25) is 0 Å². The molecule has 0 bridgehead atoms. The second-order valence-electron chi connectivity index (χ2n) is 4.57. The van der Waals surface area contributed by atoms with Crippen molar-refractivity contribution in [3.63, 3.8) is 0 Å². The van der Waals surface area contributed by atoms with Crippen LogP contribution in [0.3, 0.4) is 0 Å². The first-order chi connectivity index (χ1) is 8.08. The molecular formula is C12H18N4S. The van der Waals surface area contributed by atoms with Gasteiger partial charge >= 0.3 is 0 Å². The Morgan fingerprint density at radius 3 is 2.94 bits per heavy atom. The van der Waals surface area contributed by atoms with Crippen LogP contribution in [0.15, 0.2) is 18.3 Å². The Balaban J connectivity index is 2.22. The van der Waals surface area contributed by atoms with E-state index in [4.69, 9.17) is 18.0 Å². The molecule has 1 aliphatic heterocycles. The summed E-state index contributed by atoms with van der Waals surface area (Å²) in [5, 5.41) is 0. The zero-order valence-electron chi connectivity index (χ0n) is 10.3. The minimum absolute atomic E-state index is 0.426. The molecular weight excluding hydrogens is 232 g/mol. The van der Waals surface area contributed by atoms with Crippen molar-refractivity contribution in [2.24, 2.45) is 5.73 Å². The molecule has 92 valence electrons. The van der Waals surface area contributed by atoms with Crippen LogP contribution >= 0.6 is 12.2 Å². The highest BCUT2D eigenvalue weighted by Gasteiger charge is 2.22. The average Bonchev–Trinajstić information content (AvgIpc) is 2.29. The molecule has 1 unspecified atom stereocenters. The largest absolute Gasteiger partial charge is 0.389 e. The van der Waals surface area contributed by atoms with E-state index in [0.29, 0.717) is 11.0 Å². The number of rotatable bonds is 2. The van der Waals surface area contributed by atoms with Crippen LogP contribution in [0, 0.1) is 0 Å². The highest BCUT2D eigenvalue weighted by molar-refractivity contribution is 7.80. The molecule has 1 aromatic rings. The third-order valence-corrected chi connectivity index (χ3v) is 3.39. The number of nitrogens with zero attached hydrogens (tertiary/aromatic N) is 3. The van der Waals surface area contributed by atoms with Gasteiger partial charge in [0.2, 0.25) is 0 Å². The summed E-state index contributed by atoms with van der Waals surface area (Å²) in [5.41, 5.74) is 6.53. The Kier molecular flexibility index (Phi) is 3.59. The second-order valence-corrected chi connectivity index (χ2v) is 5.01. The summed E-state index contributed by atoms with van der Waals surface area (Å²) in [5.74, 6) is 0.968. The molecule has 0 saturated carbocycles. The zero-order valence-corrected chi connectivity index (χ0v) is 11.1. The van der Waals surface area contributed by atoms with Gasteiger partial charge in [-0.25, -0.2) is 4.98 Å². The van der Waals surface area contributed by atoms with Crippen molar-refractivity contribution in [2.45, 2.75) is 13.0 Å². The van der Waals surface area contributed by atoms with Crippen molar-refractivity contribution in [1.29, 1.82) is 0 Å². The molecule has 5 heteroatoms. The van der Waals surface area contributed by atoms with E-state index in [0.717, 1.165) is 31.0 Å². The number of nitrogens with two attached hydrogens (primary N) is 1. The second kappa shape index (κ2) is 4.98. The van der Waals surface area contributed by atoms with E-state index in [1.807, 2.05) is 12.1 Å². The van der Waals surface area contributed by atoms with E-state index in [-0.39, 0.29) is 0 Å². The van der Waals surface area contributed by atoms with Gasteiger partial charge in [-0.2, -0.15) is 0 Å². The molecule has 0 radical (unpaired) electrons. The molecule has 4 nitrogen and oxygen atoms in total. The molecule has 1 aromatic heterocycles. The quantitative estimate of drug-likeness (QED) is 0.789. The number of likely N-dealkylation sites (N-methyl/N-ethyl adjacent to an activating group) is 1. The van der Waals surface area contributed by atoms with Crippen LogP contribution in [0.25, 0.3) is 0 Å². The maximum atomic E-state index is 5.65. The van der Waals surface area contributed by atoms with Gasteiger partial charge in [-0.3, -0.25) is 0 Å². The first kappa shape index (κ1) is 12.3. The Hall–Kier alpha value is -1.20. The van der Waals surface area contributed by atoms with Crippen LogP contribution in [0.1, 0.15) is 12.5 Å². The number of anilines is 1. The standard InChI is InChI=1S/C12H18N4S/c1-9-8-15(2)5-6-16(9)11-7-10(12(13)17)3-4-14-11/h3-4,7,9H,5-6,8H2,1-2H3,(H2,13,17). The van der Waals surface area contributed by atoms with E-state index in [1.165, 1.54) is 0 Å². The summed E-state index contributed by atoms with van der Waals surface area (Å²) in [4.78, 5) is 9.48. The molecule has 2 rings (SSSR count). The third-order valence-electron chi connectivity index (χ3n) is 3.15. The summed E-state index contributed by atoms with van der Waals surface area (Å²) in [6.45, 7) is 5.32. The molecule has 0 amide bonds. The topological polar surface area (TPSA) is 45.4 Å². The molecule has 17 heavy (non-hydrogen) atoms. The van der Waals surface area contributed by atoms with Gasteiger partial charge in [-0.15, -0.1) is 0 Å². The monoisotopic (exact) mass is 250 g/mol. The highest BCUT2D eigenvalue weighted by atomic mass is 32.1. The zero-order chi connectivity index (χ0) is 12.4. The molecule has 1 fully saturated rings. The van der Waals surface area contributed by atoms with Gasteiger partial charge in [0.05, 0.1) is 0 Å². The van der Waals surface area contributed by atoms with Crippen molar-refractivity contribution < 1.29 is 0 Å². The van der Waals surface area contributed by atoms with E-state index >= 15 is 0 Å². The number of hydrogen-bond acceptors (Lipinski definition) is 4. The first-order valence-corrected chi connectivity index (χ1v) is 6.20. The fraction of sp³-hybridized carbons (Fsp3) is 0.500. The summed E-state index contributed by atoms with van der Waals surface area (Å²) in [7, 11) is 2.15. The smallest absolute Gasteiger partial charge is 0.129 e. The fourth-order valence-corrected chi connectivity index (χ4v) is 2.34. The third kappa shape index (κ3) is 2.73. The van der Waals surface area contributed by atoms with Gasteiger partial charge in [0.25, 0.3) is 0 Å². The maximum Gasteiger partial charge on any atom is 0.129 e. The summed E-state index contributed by atoms with van der Waals surface area (Å²) in [6.07, 6.45) is 1.77. The number of pyridine rings is 1. The molecule has 0 aliphatic carbocycles. The Morgan fingerprint density at radius 1 is 1.53 bits per heavy atom. The van der Waals surface area contributed by atoms with Crippen LogP contribution < -0.4 is 10.6 Å². The summed E-state index contributed by atoms with van der Waals surface area (Å²) < 4.78 is 0. The van der Waals surface area contributed by atoms with Gasteiger partial charge in [0.1, 0.15) is 10.8 Å². The Bertz CT molecular complexity index is 421. The summed E-state index contributed by atoms with van der Waals surface area (Å²) >= 11 is 4.99. The van der Waals surface area contributed by atoms with Gasteiger partial charge in [0.15, 0.2) is 0 Å². The minimum Gasteiger partial charge on any atom is -0.389 e. The summed E-state index contributed by atoms with van der Waals surface area (Å²) in [6, 6.07) is 4.29. The van der Waals surface area contributed by atoms with Crippen molar-refractivity contribution in [3.8, 4) is 0 Å². The number of thiocarbonyl (C=S) groups is 1. The van der Waals surface area contributed by atoms with Crippen LogP contribution in [0.5, 0.6) is 0 Å². The molecule has 1 aliphatic rings. The number of aromatic nitrogens is 1. The first-order valence-electron chi connectivity index (χ1n) is 5.79.